The van der Waals surface area contributed by atoms with Crippen molar-refractivity contribution in [1.29, 1.82) is 0 Å². The number of anilines is 1. The highest BCUT2D eigenvalue weighted by molar-refractivity contribution is 7.94. The molecule has 1 atom stereocenters. The molecule has 0 aliphatic carbocycles. The summed E-state index contributed by atoms with van der Waals surface area (Å²) in [4.78, 5) is 37.5. The van der Waals surface area contributed by atoms with Gasteiger partial charge in [0.2, 0.25) is 0 Å². The lowest BCUT2D eigenvalue weighted by atomic mass is 10.1. The fraction of sp³-hybridized carbons (Fsp3) is 0.208. The van der Waals surface area contributed by atoms with Crippen LogP contribution in [0, 0.1) is 6.92 Å². The molecule has 9 nitrogen and oxygen atoms in total. The molecule has 3 rings (SSSR count). The van der Waals surface area contributed by atoms with Crippen LogP contribution in [0.15, 0.2) is 58.8 Å². The van der Waals surface area contributed by atoms with Gasteiger partial charge in [-0.15, -0.1) is 11.3 Å². The summed E-state index contributed by atoms with van der Waals surface area (Å²) >= 11 is 0.584. The highest BCUT2D eigenvalue weighted by Crippen LogP contribution is 2.34. The van der Waals surface area contributed by atoms with Gasteiger partial charge in [-0.05, 0) is 37.1 Å². The van der Waals surface area contributed by atoms with E-state index in [1.807, 2.05) is 37.3 Å². The predicted molar refractivity (Wildman–Crippen MR) is 131 cm³/mol. The Morgan fingerprint density at radius 2 is 1.51 bits per heavy atom. The number of carbonyl (C=O) groups is 3. The highest BCUT2D eigenvalue weighted by atomic mass is 32.2. The van der Waals surface area contributed by atoms with Crippen molar-refractivity contribution in [2.24, 2.45) is 0 Å². The zero-order valence-electron chi connectivity index (χ0n) is 19.4. The van der Waals surface area contributed by atoms with E-state index < -0.39 is 32.1 Å². The summed E-state index contributed by atoms with van der Waals surface area (Å²) in [5, 5.41) is 2.85. The average Bonchev–Trinajstić information content (AvgIpc) is 3.21. The predicted octanol–water partition coefficient (Wildman–Crippen LogP) is 3.92. The molecule has 0 aliphatic heterocycles. The number of carbonyl (C=O) groups excluding carboxylic acids is 3. The van der Waals surface area contributed by atoms with Crippen LogP contribution >= 0.6 is 11.3 Å². The number of methoxy groups -OCH3 is 2. The van der Waals surface area contributed by atoms with Gasteiger partial charge in [0.25, 0.3) is 15.9 Å². The molecule has 3 aromatic rings. The summed E-state index contributed by atoms with van der Waals surface area (Å²) in [6.45, 7) is 3.24. The molecular formula is C24H24N2O7S2. The molecule has 1 heterocycles. The SMILES string of the molecule is COC(=O)c1sc(S(=O)(=O)Nc2ccccc2C(=O)N[C@@H](C)c2ccccc2)c(C(=O)OC)c1C. The second-order valence-corrected chi connectivity index (χ2v) is 10.4. The van der Waals surface area contributed by atoms with Gasteiger partial charge < -0.3 is 14.8 Å². The minimum atomic E-state index is -4.40. The first-order chi connectivity index (χ1) is 16.6. The lowest BCUT2D eigenvalue weighted by molar-refractivity contribution is 0.0596. The standard InChI is InChI=1S/C24H24N2O7S2/c1-14-19(22(28)32-3)24(34-20(14)23(29)33-4)35(30,31)26-18-13-9-8-12-17(18)21(27)25-15(2)16-10-6-5-7-11-16/h5-13,15,26H,1-4H3,(H,25,27)/t15-/m0/s1. The first-order valence-electron chi connectivity index (χ1n) is 10.4. The number of rotatable bonds is 8. The van der Waals surface area contributed by atoms with Gasteiger partial charge in [-0.3, -0.25) is 9.52 Å². The molecule has 2 aromatic carbocycles. The van der Waals surface area contributed by atoms with Crippen molar-refractivity contribution in [3.63, 3.8) is 0 Å². The maximum Gasteiger partial charge on any atom is 0.348 e. The van der Waals surface area contributed by atoms with E-state index in [9.17, 15) is 22.8 Å². The van der Waals surface area contributed by atoms with Crippen LogP contribution in [-0.2, 0) is 19.5 Å². The number of hydrogen-bond acceptors (Lipinski definition) is 8. The van der Waals surface area contributed by atoms with Gasteiger partial charge in [-0.1, -0.05) is 42.5 Å². The van der Waals surface area contributed by atoms with Gasteiger partial charge in [-0.25, -0.2) is 18.0 Å². The smallest absolute Gasteiger partial charge is 0.348 e. The normalized spacial score (nSPS) is 11.9. The Labute approximate surface area is 207 Å². The van der Waals surface area contributed by atoms with Gasteiger partial charge in [0.05, 0.1) is 37.1 Å². The van der Waals surface area contributed by atoms with Gasteiger partial charge in [0.15, 0.2) is 4.21 Å². The van der Waals surface area contributed by atoms with E-state index in [-0.39, 0.29) is 33.3 Å². The molecule has 11 heteroatoms. The number of sulfonamides is 1. The molecule has 0 aliphatic rings. The average molecular weight is 517 g/mol. The first kappa shape index (κ1) is 25.9. The van der Waals surface area contributed by atoms with Gasteiger partial charge in [0, 0.05) is 0 Å². The molecule has 2 N–H and O–H groups in total. The molecule has 0 unspecified atom stereocenters. The molecule has 0 spiro atoms. The number of amides is 1. The minimum Gasteiger partial charge on any atom is -0.465 e. The van der Waals surface area contributed by atoms with E-state index >= 15 is 0 Å². The van der Waals surface area contributed by atoms with Crippen LogP contribution in [-0.4, -0.2) is 40.5 Å². The van der Waals surface area contributed by atoms with Gasteiger partial charge in [0.1, 0.15) is 4.88 Å². The van der Waals surface area contributed by atoms with E-state index in [0.717, 1.165) is 19.8 Å². The monoisotopic (exact) mass is 516 g/mol. The van der Waals surface area contributed by atoms with Crippen LogP contribution in [0.2, 0.25) is 0 Å². The van der Waals surface area contributed by atoms with E-state index in [0.29, 0.717) is 11.3 Å². The molecule has 0 fully saturated rings. The number of nitrogens with one attached hydrogen (secondary N) is 2. The quantitative estimate of drug-likeness (QED) is 0.434. The van der Waals surface area contributed by atoms with Crippen LogP contribution in [0.4, 0.5) is 5.69 Å². The Hall–Kier alpha value is -3.70. The van der Waals surface area contributed by atoms with E-state index in [2.05, 4.69) is 10.0 Å². The maximum atomic E-state index is 13.3. The summed E-state index contributed by atoms with van der Waals surface area (Å²) in [6, 6.07) is 15.0. The number of para-hydroxylation sites is 1. The topological polar surface area (TPSA) is 128 Å². The second-order valence-electron chi connectivity index (χ2n) is 7.46. The lowest BCUT2D eigenvalue weighted by Gasteiger charge is -2.17. The van der Waals surface area contributed by atoms with Crippen LogP contribution in [0.3, 0.4) is 0 Å². The zero-order chi connectivity index (χ0) is 25.8. The van der Waals surface area contributed by atoms with Crippen LogP contribution in [0.5, 0.6) is 0 Å². The molecular weight excluding hydrogens is 492 g/mol. The lowest BCUT2D eigenvalue weighted by Crippen LogP contribution is -2.28. The second kappa shape index (κ2) is 10.7. The number of ether oxygens (including phenoxy) is 2. The van der Waals surface area contributed by atoms with Crippen molar-refractivity contribution < 1.29 is 32.3 Å². The van der Waals surface area contributed by atoms with Crippen molar-refractivity contribution in [1.82, 2.24) is 5.32 Å². The van der Waals surface area contributed by atoms with Gasteiger partial charge in [-0.2, -0.15) is 0 Å². The Bertz CT molecular complexity index is 1370. The number of hydrogen-bond donors (Lipinski definition) is 2. The molecule has 0 radical (unpaired) electrons. The van der Waals surface area contributed by atoms with Crippen LogP contribution in [0.1, 0.15) is 54.5 Å². The number of thiophene rings is 1. The summed E-state index contributed by atoms with van der Waals surface area (Å²) in [5.74, 6) is -2.20. The summed E-state index contributed by atoms with van der Waals surface area (Å²) in [5.41, 5.74) is 0.819. The molecule has 1 aromatic heterocycles. The van der Waals surface area contributed by atoms with Crippen molar-refractivity contribution in [2.45, 2.75) is 24.1 Å². The Kier molecular flexibility index (Phi) is 7.92. The molecule has 0 saturated carbocycles. The van der Waals surface area contributed by atoms with Crippen LogP contribution in [0.25, 0.3) is 0 Å². The first-order valence-corrected chi connectivity index (χ1v) is 12.7. The minimum absolute atomic E-state index is 0.00625. The maximum absolute atomic E-state index is 13.3. The number of esters is 2. The summed E-state index contributed by atoms with van der Waals surface area (Å²) < 4.78 is 38.1. The number of benzene rings is 2. The largest absolute Gasteiger partial charge is 0.465 e. The van der Waals surface area contributed by atoms with Crippen molar-refractivity contribution >= 4 is 44.9 Å². The molecule has 0 saturated heterocycles. The Morgan fingerprint density at radius 3 is 2.14 bits per heavy atom. The van der Waals surface area contributed by atoms with Gasteiger partial charge >= 0.3 is 11.9 Å². The van der Waals surface area contributed by atoms with Crippen molar-refractivity contribution in [3.8, 4) is 0 Å². The summed E-state index contributed by atoms with van der Waals surface area (Å²) in [6.07, 6.45) is 0. The summed E-state index contributed by atoms with van der Waals surface area (Å²) in [7, 11) is -2.14. The Balaban J connectivity index is 1.97. The van der Waals surface area contributed by atoms with Crippen LogP contribution < -0.4 is 10.0 Å². The highest BCUT2D eigenvalue weighted by Gasteiger charge is 2.33. The molecule has 184 valence electrons. The zero-order valence-corrected chi connectivity index (χ0v) is 21.1. The third-order valence-electron chi connectivity index (χ3n) is 5.18. The van der Waals surface area contributed by atoms with E-state index in [1.54, 1.807) is 12.1 Å². The fourth-order valence-corrected chi connectivity index (χ4v) is 6.19. The van der Waals surface area contributed by atoms with Crippen molar-refractivity contribution in [3.05, 3.63) is 81.7 Å². The Morgan fingerprint density at radius 1 is 0.914 bits per heavy atom. The van der Waals surface area contributed by atoms with Crippen molar-refractivity contribution in [2.75, 3.05) is 18.9 Å². The van der Waals surface area contributed by atoms with E-state index in [4.69, 9.17) is 9.47 Å². The molecule has 0 bridgehead atoms. The fourth-order valence-electron chi connectivity index (χ4n) is 3.36. The third kappa shape index (κ3) is 5.52. The molecule has 1 amide bonds. The van der Waals surface area contributed by atoms with E-state index in [1.165, 1.54) is 19.1 Å². The molecule has 35 heavy (non-hydrogen) atoms. The third-order valence-corrected chi connectivity index (χ3v) is 8.34.